The molecule has 1 saturated heterocycles. The van der Waals surface area contributed by atoms with E-state index < -0.39 is 10.0 Å². The van der Waals surface area contributed by atoms with Crippen molar-refractivity contribution < 1.29 is 8.42 Å². The molecule has 1 aromatic carbocycles. The topological polar surface area (TPSA) is 61.2 Å². The zero-order valence-electron chi connectivity index (χ0n) is 11.3. The summed E-state index contributed by atoms with van der Waals surface area (Å²) in [5, 5.41) is 9.06. The molecule has 1 aliphatic rings. The molecule has 0 bridgehead atoms. The Bertz CT molecular complexity index is 637. The number of benzene rings is 1. The molecule has 1 aromatic rings. The number of hydrogen-bond acceptors (Lipinski definition) is 3. The summed E-state index contributed by atoms with van der Waals surface area (Å²) in [6, 6.07) is 6.28. The lowest BCUT2D eigenvalue weighted by atomic mass is 10.0. The molecule has 0 N–H and O–H groups in total. The minimum atomic E-state index is -3.60. The van der Waals surface area contributed by atoms with E-state index in [0.29, 0.717) is 24.6 Å². The highest BCUT2D eigenvalue weighted by molar-refractivity contribution is 7.89. The van der Waals surface area contributed by atoms with Crippen molar-refractivity contribution >= 4 is 21.6 Å². The molecule has 0 saturated carbocycles. The van der Waals surface area contributed by atoms with E-state index in [1.807, 2.05) is 6.07 Å². The van der Waals surface area contributed by atoms with Crippen LogP contribution >= 0.6 is 11.6 Å². The molecule has 2 rings (SSSR count). The molecule has 1 aliphatic heterocycles. The van der Waals surface area contributed by atoms with Crippen LogP contribution in [0.3, 0.4) is 0 Å². The number of nitrogens with zero attached hydrogens (tertiary/aromatic N) is 2. The number of hydrogen-bond donors (Lipinski definition) is 0. The third-order valence-electron chi connectivity index (χ3n) is 3.62. The Morgan fingerprint density at radius 3 is 2.90 bits per heavy atom. The fourth-order valence-corrected chi connectivity index (χ4v) is 4.60. The van der Waals surface area contributed by atoms with Gasteiger partial charge in [0.05, 0.1) is 16.7 Å². The Labute approximate surface area is 125 Å². The lowest BCUT2D eigenvalue weighted by molar-refractivity contribution is 0.444. The highest BCUT2D eigenvalue weighted by atomic mass is 35.5. The Balaban J connectivity index is 2.30. The summed E-state index contributed by atoms with van der Waals surface area (Å²) in [6.45, 7) is 3.17. The van der Waals surface area contributed by atoms with E-state index in [4.69, 9.17) is 16.9 Å². The summed E-state index contributed by atoms with van der Waals surface area (Å²) >= 11 is 6.00. The molecular formula is C14H17ClN2O2S. The molecule has 0 aromatic heterocycles. The average Bonchev–Trinajstić information content (AvgIpc) is 2.89. The van der Waals surface area contributed by atoms with Crippen molar-refractivity contribution in [3.05, 3.63) is 28.8 Å². The molecular weight excluding hydrogens is 296 g/mol. The Morgan fingerprint density at radius 2 is 2.25 bits per heavy atom. The van der Waals surface area contributed by atoms with Crippen LogP contribution in [0.4, 0.5) is 0 Å². The molecule has 1 heterocycles. The molecule has 0 aliphatic carbocycles. The van der Waals surface area contributed by atoms with Gasteiger partial charge >= 0.3 is 0 Å². The molecule has 108 valence electrons. The first-order valence-electron chi connectivity index (χ1n) is 6.68. The normalized spacial score (nSPS) is 19.9. The van der Waals surface area contributed by atoms with Crippen LogP contribution in [0.5, 0.6) is 0 Å². The van der Waals surface area contributed by atoms with E-state index in [1.54, 1.807) is 0 Å². The van der Waals surface area contributed by atoms with Crippen LogP contribution in [0, 0.1) is 17.2 Å². The van der Waals surface area contributed by atoms with E-state index in [-0.39, 0.29) is 9.92 Å². The third kappa shape index (κ3) is 2.98. The standard InChI is InChI=1S/C14H17ClN2O2S/c1-2-3-11-6-7-17(10-11)20(18,19)14-8-12(9-16)4-5-13(14)15/h4-5,8,11H,2-3,6-7,10H2,1H3. The summed E-state index contributed by atoms with van der Waals surface area (Å²) in [6.07, 6.45) is 2.99. The van der Waals surface area contributed by atoms with Gasteiger partial charge in [0.25, 0.3) is 0 Å². The van der Waals surface area contributed by atoms with Crippen molar-refractivity contribution in [1.29, 1.82) is 5.26 Å². The Hall–Kier alpha value is -1.09. The second-order valence-corrected chi connectivity index (χ2v) is 7.38. The molecule has 1 atom stereocenters. The van der Waals surface area contributed by atoms with E-state index >= 15 is 0 Å². The average molecular weight is 313 g/mol. The Morgan fingerprint density at radius 1 is 1.50 bits per heavy atom. The van der Waals surface area contributed by atoms with Crippen LogP contribution in [0.15, 0.2) is 23.1 Å². The fourth-order valence-electron chi connectivity index (χ4n) is 2.57. The maximum Gasteiger partial charge on any atom is 0.244 e. The zero-order chi connectivity index (χ0) is 14.8. The van der Waals surface area contributed by atoms with Crippen molar-refractivity contribution in [3.63, 3.8) is 0 Å². The van der Waals surface area contributed by atoms with Gasteiger partial charge in [-0.3, -0.25) is 0 Å². The first-order chi connectivity index (χ1) is 9.48. The first-order valence-corrected chi connectivity index (χ1v) is 8.50. The van der Waals surface area contributed by atoms with E-state index in [2.05, 4.69) is 6.92 Å². The van der Waals surface area contributed by atoms with Gasteiger partial charge in [0.1, 0.15) is 4.90 Å². The van der Waals surface area contributed by atoms with Crippen LogP contribution in [0.1, 0.15) is 31.7 Å². The summed E-state index contributed by atoms with van der Waals surface area (Å²) in [4.78, 5) is 0.0374. The quantitative estimate of drug-likeness (QED) is 0.858. The van der Waals surface area contributed by atoms with Gasteiger partial charge in [0, 0.05) is 13.1 Å². The molecule has 0 spiro atoms. The summed E-state index contributed by atoms with van der Waals surface area (Å²) in [7, 11) is -3.60. The van der Waals surface area contributed by atoms with Crippen molar-refractivity contribution in [3.8, 4) is 6.07 Å². The highest BCUT2D eigenvalue weighted by Crippen LogP contribution is 2.30. The van der Waals surface area contributed by atoms with E-state index in [1.165, 1.54) is 22.5 Å². The zero-order valence-corrected chi connectivity index (χ0v) is 12.9. The summed E-state index contributed by atoms with van der Waals surface area (Å²) < 4.78 is 26.7. The number of nitriles is 1. The van der Waals surface area contributed by atoms with Crippen LogP contribution < -0.4 is 0 Å². The third-order valence-corrected chi connectivity index (χ3v) is 5.97. The highest BCUT2D eigenvalue weighted by Gasteiger charge is 2.33. The number of halogens is 1. The summed E-state index contributed by atoms with van der Waals surface area (Å²) in [5.74, 6) is 0.424. The van der Waals surface area contributed by atoms with Gasteiger partial charge in [-0.1, -0.05) is 24.9 Å². The van der Waals surface area contributed by atoms with Crippen molar-refractivity contribution in [2.24, 2.45) is 5.92 Å². The predicted molar refractivity (Wildman–Crippen MR) is 77.9 cm³/mol. The molecule has 0 amide bonds. The van der Waals surface area contributed by atoms with E-state index in [9.17, 15) is 8.42 Å². The SMILES string of the molecule is CCCC1CCN(S(=O)(=O)c2cc(C#N)ccc2Cl)C1. The Kier molecular flexibility index (Phi) is 4.69. The van der Waals surface area contributed by atoms with Gasteiger partial charge in [-0.25, -0.2) is 8.42 Å². The maximum atomic E-state index is 12.6. The second-order valence-electron chi connectivity index (χ2n) is 5.06. The van der Waals surface area contributed by atoms with Gasteiger partial charge in [0.2, 0.25) is 10.0 Å². The summed E-state index contributed by atoms with van der Waals surface area (Å²) in [5.41, 5.74) is 0.303. The van der Waals surface area contributed by atoms with Gasteiger partial charge in [0.15, 0.2) is 0 Å². The van der Waals surface area contributed by atoms with Crippen molar-refractivity contribution in [1.82, 2.24) is 4.31 Å². The van der Waals surface area contributed by atoms with Gasteiger partial charge in [-0.05, 0) is 37.0 Å². The van der Waals surface area contributed by atoms with Crippen LogP contribution in [0.25, 0.3) is 0 Å². The molecule has 20 heavy (non-hydrogen) atoms. The molecule has 0 radical (unpaired) electrons. The number of sulfonamides is 1. The minimum absolute atomic E-state index is 0.0374. The van der Waals surface area contributed by atoms with Gasteiger partial charge in [-0.15, -0.1) is 0 Å². The van der Waals surface area contributed by atoms with Crippen molar-refractivity contribution in [2.45, 2.75) is 31.1 Å². The lowest BCUT2D eigenvalue weighted by Gasteiger charge is -2.17. The molecule has 4 nitrogen and oxygen atoms in total. The second kappa shape index (κ2) is 6.13. The van der Waals surface area contributed by atoms with E-state index in [0.717, 1.165) is 19.3 Å². The smallest absolute Gasteiger partial charge is 0.207 e. The first kappa shape index (κ1) is 15.3. The van der Waals surface area contributed by atoms with Crippen LogP contribution in [-0.4, -0.2) is 25.8 Å². The molecule has 1 fully saturated rings. The van der Waals surface area contributed by atoms with Crippen molar-refractivity contribution in [2.75, 3.05) is 13.1 Å². The van der Waals surface area contributed by atoms with Crippen LogP contribution in [0.2, 0.25) is 5.02 Å². The molecule has 1 unspecified atom stereocenters. The minimum Gasteiger partial charge on any atom is -0.207 e. The lowest BCUT2D eigenvalue weighted by Crippen LogP contribution is -2.29. The predicted octanol–water partition coefficient (Wildman–Crippen LogP) is 3.02. The van der Waals surface area contributed by atoms with Gasteiger partial charge < -0.3 is 0 Å². The fraction of sp³-hybridized carbons (Fsp3) is 0.500. The monoisotopic (exact) mass is 312 g/mol. The van der Waals surface area contributed by atoms with Gasteiger partial charge in [-0.2, -0.15) is 9.57 Å². The molecule has 6 heteroatoms. The largest absolute Gasteiger partial charge is 0.244 e. The maximum absolute atomic E-state index is 12.6. The van der Waals surface area contributed by atoms with Crippen LogP contribution in [-0.2, 0) is 10.0 Å². The number of rotatable bonds is 4.